The molecular formula is C4H6F4LiO4P. The zero-order valence-corrected chi connectivity index (χ0v) is 8.06. The average molecular weight is 232 g/mol. The molecule has 0 aliphatic rings. The van der Waals surface area contributed by atoms with Crippen LogP contribution in [0.5, 0.6) is 0 Å². The van der Waals surface area contributed by atoms with Gasteiger partial charge in [0.2, 0.25) is 0 Å². The number of phosphoric ester groups is 1. The number of rotatable bonds is 6. The van der Waals surface area contributed by atoms with Gasteiger partial charge in [-0.15, -0.1) is 0 Å². The molecule has 0 aliphatic carbocycles. The van der Waals surface area contributed by atoms with E-state index in [9.17, 15) is 27.0 Å². The number of halogens is 4. The minimum Gasteiger partial charge on any atom is -0.756 e. The molecule has 0 fully saturated rings. The second-order valence-electron chi connectivity index (χ2n) is 1.82. The first-order valence-electron chi connectivity index (χ1n) is 3.00. The van der Waals surface area contributed by atoms with E-state index in [1.807, 2.05) is 0 Å². The summed E-state index contributed by atoms with van der Waals surface area (Å²) in [6, 6.07) is 0. The topological polar surface area (TPSA) is 58.6 Å². The molecule has 0 unspecified atom stereocenters. The molecule has 80 valence electrons. The van der Waals surface area contributed by atoms with Gasteiger partial charge in [-0.3, -0.25) is 4.57 Å². The van der Waals surface area contributed by atoms with Gasteiger partial charge in [0, 0.05) is 0 Å². The van der Waals surface area contributed by atoms with Crippen molar-refractivity contribution in [1.29, 1.82) is 0 Å². The summed E-state index contributed by atoms with van der Waals surface area (Å²) in [5.74, 6) is 0. The van der Waals surface area contributed by atoms with Crippen molar-refractivity contribution in [2.45, 2.75) is 12.9 Å². The maximum absolute atomic E-state index is 11.4. The molecule has 0 aliphatic heterocycles. The van der Waals surface area contributed by atoms with Crippen LogP contribution in [-0.2, 0) is 13.6 Å². The first kappa shape index (κ1) is 16.8. The number of phosphoric acid groups is 1. The Kier molecular flexibility index (Phi) is 9.24. The molecule has 0 radical (unpaired) electrons. The molecule has 0 saturated carbocycles. The Labute approximate surface area is 89.4 Å². The van der Waals surface area contributed by atoms with Crippen molar-refractivity contribution in [3.8, 4) is 0 Å². The van der Waals surface area contributed by atoms with Crippen LogP contribution in [0.4, 0.5) is 17.6 Å². The average Bonchev–Trinajstić information content (AvgIpc) is 1.98. The summed E-state index contributed by atoms with van der Waals surface area (Å²) >= 11 is 0. The zero-order valence-electron chi connectivity index (χ0n) is 7.16. The minimum atomic E-state index is -5.01. The van der Waals surface area contributed by atoms with E-state index in [-0.39, 0.29) is 18.9 Å². The molecule has 0 rings (SSSR count). The number of hydrogen-bond acceptors (Lipinski definition) is 4. The summed E-state index contributed by atoms with van der Waals surface area (Å²) in [7, 11) is -5.01. The third kappa shape index (κ3) is 10.5. The standard InChI is InChI=1S/C4H7F4O4P.Li/c5-3(6)1-11-13(9,10)12-2-4(7)8;/h3-4H,1-2H2,(H,9,10);/q;+1/p-1. The van der Waals surface area contributed by atoms with Gasteiger partial charge in [0.05, 0.1) is 0 Å². The summed E-state index contributed by atoms with van der Waals surface area (Å²) in [5.41, 5.74) is 0. The molecule has 0 aromatic heterocycles. The maximum Gasteiger partial charge on any atom is 1.00 e. The van der Waals surface area contributed by atoms with Crippen LogP contribution in [0, 0.1) is 0 Å². The van der Waals surface area contributed by atoms with Crippen molar-refractivity contribution in [3.63, 3.8) is 0 Å². The minimum absolute atomic E-state index is 0. The predicted molar refractivity (Wildman–Crippen MR) is 31.5 cm³/mol. The molecule has 0 aromatic rings. The molecule has 0 atom stereocenters. The summed E-state index contributed by atoms with van der Waals surface area (Å²) in [6.45, 7) is -2.80. The van der Waals surface area contributed by atoms with Crippen LogP contribution >= 0.6 is 7.82 Å². The molecule has 0 saturated heterocycles. The molecule has 0 bridgehead atoms. The zero-order chi connectivity index (χ0) is 10.5. The Morgan fingerprint density at radius 2 is 1.36 bits per heavy atom. The molecule has 0 heterocycles. The van der Waals surface area contributed by atoms with Crippen molar-refractivity contribution in [2.75, 3.05) is 13.2 Å². The number of alkyl halides is 4. The van der Waals surface area contributed by atoms with Crippen LogP contribution in [0.2, 0.25) is 0 Å². The van der Waals surface area contributed by atoms with E-state index in [0.29, 0.717) is 0 Å². The van der Waals surface area contributed by atoms with Crippen LogP contribution in [0.25, 0.3) is 0 Å². The summed E-state index contributed by atoms with van der Waals surface area (Å²) in [6.07, 6.45) is -6.00. The van der Waals surface area contributed by atoms with E-state index < -0.39 is 33.9 Å². The first-order valence-corrected chi connectivity index (χ1v) is 4.46. The largest absolute Gasteiger partial charge is 1.00 e. The van der Waals surface area contributed by atoms with Crippen LogP contribution in [0.1, 0.15) is 0 Å². The molecule has 0 amide bonds. The fraction of sp³-hybridized carbons (Fsp3) is 1.00. The van der Waals surface area contributed by atoms with Gasteiger partial charge in [-0.1, -0.05) is 0 Å². The summed E-state index contributed by atoms with van der Waals surface area (Å²) in [4.78, 5) is 10.4. The molecule has 10 heteroatoms. The van der Waals surface area contributed by atoms with Gasteiger partial charge in [-0.25, -0.2) is 17.6 Å². The Morgan fingerprint density at radius 3 is 1.57 bits per heavy atom. The van der Waals surface area contributed by atoms with Gasteiger partial charge in [-0.05, 0) is 0 Å². The van der Waals surface area contributed by atoms with E-state index in [4.69, 9.17) is 0 Å². The normalized spacial score (nSPS) is 11.9. The molecule has 0 spiro atoms. The monoisotopic (exact) mass is 232 g/mol. The summed E-state index contributed by atoms with van der Waals surface area (Å²) < 4.78 is 62.9. The molecular weight excluding hydrogens is 226 g/mol. The van der Waals surface area contributed by atoms with Crippen LogP contribution in [0.3, 0.4) is 0 Å². The Bertz CT molecular complexity index is 176. The van der Waals surface area contributed by atoms with Gasteiger partial charge >= 0.3 is 18.9 Å². The number of hydrogen-bond donors (Lipinski definition) is 0. The quantitative estimate of drug-likeness (QED) is 0.302. The molecule has 0 aromatic carbocycles. The second kappa shape index (κ2) is 7.68. The van der Waals surface area contributed by atoms with Crippen molar-refractivity contribution < 1.29 is 54.9 Å². The smallest absolute Gasteiger partial charge is 0.756 e. The van der Waals surface area contributed by atoms with Crippen molar-refractivity contribution >= 4 is 7.82 Å². The van der Waals surface area contributed by atoms with Crippen LogP contribution in [0.15, 0.2) is 0 Å². The first-order chi connectivity index (χ1) is 5.83. The fourth-order valence-corrected chi connectivity index (χ4v) is 0.998. The van der Waals surface area contributed by atoms with E-state index >= 15 is 0 Å². The third-order valence-corrected chi connectivity index (χ3v) is 1.65. The Hall–Kier alpha value is 0.427. The van der Waals surface area contributed by atoms with Crippen LogP contribution < -0.4 is 23.8 Å². The van der Waals surface area contributed by atoms with Gasteiger partial charge in [0.1, 0.15) is 13.2 Å². The SMILES string of the molecule is O=P([O-])(OCC(F)F)OCC(F)F.[Li+]. The maximum atomic E-state index is 11.4. The second-order valence-corrected chi connectivity index (χ2v) is 3.23. The summed E-state index contributed by atoms with van der Waals surface area (Å²) in [5, 5.41) is 0. The third-order valence-electron chi connectivity index (χ3n) is 0.717. The Balaban J connectivity index is 0. The molecule has 4 nitrogen and oxygen atoms in total. The van der Waals surface area contributed by atoms with Gasteiger partial charge in [0.25, 0.3) is 20.7 Å². The van der Waals surface area contributed by atoms with Crippen molar-refractivity contribution in [1.82, 2.24) is 0 Å². The van der Waals surface area contributed by atoms with Crippen molar-refractivity contribution in [3.05, 3.63) is 0 Å². The van der Waals surface area contributed by atoms with Gasteiger partial charge in [0.15, 0.2) is 0 Å². The van der Waals surface area contributed by atoms with Crippen LogP contribution in [-0.4, -0.2) is 26.1 Å². The Morgan fingerprint density at radius 1 is 1.07 bits per heavy atom. The van der Waals surface area contributed by atoms with E-state index in [0.717, 1.165) is 0 Å². The van der Waals surface area contributed by atoms with E-state index in [2.05, 4.69) is 9.05 Å². The predicted octanol–water partition coefficient (Wildman–Crippen LogP) is -1.98. The van der Waals surface area contributed by atoms with Gasteiger partial charge in [-0.2, -0.15) is 0 Å². The van der Waals surface area contributed by atoms with E-state index in [1.54, 1.807) is 0 Å². The van der Waals surface area contributed by atoms with Gasteiger partial charge < -0.3 is 13.9 Å². The van der Waals surface area contributed by atoms with Crippen molar-refractivity contribution in [2.24, 2.45) is 0 Å². The molecule has 0 N–H and O–H groups in total. The fourth-order valence-electron chi connectivity index (χ4n) is 0.333. The molecule has 14 heavy (non-hydrogen) atoms. The van der Waals surface area contributed by atoms with E-state index in [1.165, 1.54) is 0 Å².